The molecule has 0 radical (unpaired) electrons. The van der Waals surface area contributed by atoms with E-state index in [9.17, 15) is 0 Å². The van der Waals surface area contributed by atoms with Crippen molar-refractivity contribution in [3.05, 3.63) is 0 Å². The van der Waals surface area contributed by atoms with Crippen LogP contribution in [0.25, 0.3) is 0 Å². The van der Waals surface area contributed by atoms with Crippen molar-refractivity contribution in [2.75, 3.05) is 39.3 Å². The Morgan fingerprint density at radius 3 is 1.78 bits per heavy atom. The van der Waals surface area contributed by atoms with Crippen LogP contribution in [0.2, 0.25) is 0 Å². The van der Waals surface area contributed by atoms with Crippen LogP contribution in [-0.2, 0) is 0 Å². The van der Waals surface area contributed by atoms with Crippen LogP contribution in [0.5, 0.6) is 0 Å². The van der Waals surface area contributed by atoms with Crippen LogP contribution < -0.4 is 10.6 Å². The molecular weight excluding hydrogens is 222 g/mol. The number of hydrogen-bond donors (Lipinski definition) is 2. The maximum atomic E-state index is 3.52. The monoisotopic (exact) mass is 251 g/mol. The van der Waals surface area contributed by atoms with E-state index in [1.54, 1.807) is 0 Å². The molecule has 3 saturated heterocycles. The molecule has 3 heterocycles. The molecule has 2 N–H and O–H groups in total. The molecule has 3 aliphatic heterocycles. The Morgan fingerprint density at radius 1 is 0.722 bits per heavy atom. The Morgan fingerprint density at radius 2 is 1.22 bits per heavy atom. The van der Waals surface area contributed by atoms with Crippen LogP contribution in [0.4, 0.5) is 0 Å². The van der Waals surface area contributed by atoms with Crippen LogP contribution in [0.3, 0.4) is 0 Å². The molecule has 0 aromatic heterocycles. The van der Waals surface area contributed by atoms with Gasteiger partial charge in [-0.15, -0.1) is 0 Å². The number of nitrogens with zero attached hydrogens (tertiary/aromatic N) is 1. The zero-order valence-electron chi connectivity index (χ0n) is 11.9. The van der Waals surface area contributed by atoms with Crippen LogP contribution in [0, 0.1) is 5.41 Å². The van der Waals surface area contributed by atoms with Gasteiger partial charge in [0.25, 0.3) is 0 Å². The fourth-order valence-electron chi connectivity index (χ4n) is 4.26. The van der Waals surface area contributed by atoms with Crippen LogP contribution in [-0.4, -0.2) is 49.7 Å². The van der Waals surface area contributed by atoms with Crippen LogP contribution >= 0.6 is 0 Å². The second-order valence-corrected chi connectivity index (χ2v) is 6.98. The average Bonchev–Trinajstić information content (AvgIpc) is 2.41. The van der Waals surface area contributed by atoms with E-state index in [0.717, 1.165) is 0 Å². The summed E-state index contributed by atoms with van der Waals surface area (Å²) in [5, 5.41) is 7.02. The molecule has 0 amide bonds. The molecule has 0 aliphatic carbocycles. The summed E-state index contributed by atoms with van der Waals surface area (Å²) < 4.78 is 0. The summed E-state index contributed by atoms with van der Waals surface area (Å²) in [4.78, 5) is 2.81. The van der Waals surface area contributed by atoms with Gasteiger partial charge >= 0.3 is 0 Å². The smallest absolute Gasteiger partial charge is 0.0205 e. The molecule has 3 aliphatic rings. The SMILES string of the molecule is CC1(N2CCC3(CCNCC3)CC2)CCNCC1. The molecule has 0 unspecified atom stereocenters. The topological polar surface area (TPSA) is 27.3 Å². The first kappa shape index (κ1) is 12.9. The summed E-state index contributed by atoms with van der Waals surface area (Å²) in [6.07, 6.45) is 8.39. The molecule has 3 fully saturated rings. The van der Waals surface area contributed by atoms with Crippen molar-refractivity contribution < 1.29 is 0 Å². The van der Waals surface area contributed by atoms with Crippen molar-refractivity contribution >= 4 is 0 Å². The van der Waals surface area contributed by atoms with E-state index in [2.05, 4.69) is 22.5 Å². The minimum Gasteiger partial charge on any atom is -0.317 e. The van der Waals surface area contributed by atoms with Gasteiger partial charge in [-0.25, -0.2) is 0 Å². The van der Waals surface area contributed by atoms with Crippen molar-refractivity contribution in [2.24, 2.45) is 5.41 Å². The lowest BCUT2D eigenvalue weighted by Crippen LogP contribution is -2.57. The molecule has 3 rings (SSSR count). The molecule has 3 nitrogen and oxygen atoms in total. The van der Waals surface area contributed by atoms with Gasteiger partial charge in [0.15, 0.2) is 0 Å². The Kier molecular flexibility index (Phi) is 3.65. The second-order valence-electron chi connectivity index (χ2n) is 6.98. The van der Waals surface area contributed by atoms with Crippen molar-refractivity contribution in [3.8, 4) is 0 Å². The highest BCUT2D eigenvalue weighted by atomic mass is 15.2. The standard InChI is InChI=1S/C15H29N3/c1-14(2-8-16-9-3-14)18-12-6-15(7-13-18)4-10-17-11-5-15/h16-17H,2-13H2,1H3. The molecule has 0 aromatic rings. The van der Waals surface area contributed by atoms with E-state index in [1.165, 1.54) is 77.8 Å². The molecule has 1 spiro atoms. The quantitative estimate of drug-likeness (QED) is 0.741. The van der Waals surface area contributed by atoms with Crippen molar-refractivity contribution in [3.63, 3.8) is 0 Å². The summed E-state index contributed by atoms with van der Waals surface area (Å²) in [6, 6.07) is 0. The van der Waals surface area contributed by atoms with E-state index in [4.69, 9.17) is 0 Å². The van der Waals surface area contributed by atoms with Crippen LogP contribution in [0.1, 0.15) is 45.4 Å². The van der Waals surface area contributed by atoms with Gasteiger partial charge in [-0.1, -0.05) is 0 Å². The van der Waals surface area contributed by atoms with E-state index < -0.39 is 0 Å². The van der Waals surface area contributed by atoms with Gasteiger partial charge in [0, 0.05) is 5.54 Å². The lowest BCUT2D eigenvalue weighted by atomic mass is 9.70. The van der Waals surface area contributed by atoms with Gasteiger partial charge in [-0.05, 0) is 90.1 Å². The summed E-state index contributed by atoms with van der Waals surface area (Å²) in [5.41, 5.74) is 1.19. The molecule has 0 bridgehead atoms. The van der Waals surface area contributed by atoms with Gasteiger partial charge in [0.1, 0.15) is 0 Å². The lowest BCUT2D eigenvalue weighted by molar-refractivity contribution is -0.00244. The fourth-order valence-corrected chi connectivity index (χ4v) is 4.26. The van der Waals surface area contributed by atoms with Crippen molar-refractivity contribution in [1.82, 2.24) is 15.5 Å². The van der Waals surface area contributed by atoms with E-state index in [-0.39, 0.29) is 0 Å². The third kappa shape index (κ3) is 2.45. The first-order valence-corrected chi connectivity index (χ1v) is 7.89. The predicted octanol–water partition coefficient (Wildman–Crippen LogP) is 1.59. The lowest BCUT2D eigenvalue weighted by Gasteiger charge is -2.51. The Bertz CT molecular complexity index is 267. The summed E-state index contributed by atoms with van der Waals surface area (Å²) in [6.45, 7) is 10.1. The summed E-state index contributed by atoms with van der Waals surface area (Å²) in [7, 11) is 0. The molecule has 18 heavy (non-hydrogen) atoms. The molecule has 0 saturated carbocycles. The molecule has 3 heteroatoms. The molecular formula is C15H29N3. The highest BCUT2D eigenvalue weighted by Gasteiger charge is 2.41. The van der Waals surface area contributed by atoms with Gasteiger partial charge < -0.3 is 10.6 Å². The first-order valence-electron chi connectivity index (χ1n) is 7.89. The number of hydrogen-bond acceptors (Lipinski definition) is 3. The number of likely N-dealkylation sites (tertiary alicyclic amines) is 1. The highest BCUT2D eigenvalue weighted by molar-refractivity contribution is 4.96. The summed E-state index contributed by atoms with van der Waals surface area (Å²) in [5.74, 6) is 0. The molecule has 0 atom stereocenters. The van der Waals surface area contributed by atoms with E-state index in [0.29, 0.717) is 11.0 Å². The zero-order chi connectivity index (χ0) is 12.5. The average molecular weight is 251 g/mol. The summed E-state index contributed by atoms with van der Waals surface area (Å²) >= 11 is 0. The predicted molar refractivity (Wildman–Crippen MR) is 75.9 cm³/mol. The fraction of sp³-hybridized carbons (Fsp3) is 1.00. The van der Waals surface area contributed by atoms with Crippen molar-refractivity contribution in [2.45, 2.75) is 51.0 Å². The Labute approximate surface area is 112 Å². The van der Waals surface area contributed by atoms with Crippen LogP contribution in [0.15, 0.2) is 0 Å². The van der Waals surface area contributed by atoms with Gasteiger partial charge in [0.2, 0.25) is 0 Å². The highest BCUT2D eigenvalue weighted by Crippen LogP contribution is 2.42. The van der Waals surface area contributed by atoms with E-state index in [1.807, 2.05) is 0 Å². The minimum atomic E-state index is 0.486. The maximum absolute atomic E-state index is 3.52. The number of nitrogens with one attached hydrogen (secondary N) is 2. The van der Waals surface area contributed by atoms with E-state index >= 15 is 0 Å². The number of piperidine rings is 3. The second kappa shape index (κ2) is 5.10. The Balaban J connectivity index is 1.58. The van der Waals surface area contributed by atoms with Gasteiger partial charge in [0.05, 0.1) is 0 Å². The first-order chi connectivity index (χ1) is 8.73. The number of rotatable bonds is 1. The zero-order valence-corrected chi connectivity index (χ0v) is 11.9. The third-order valence-corrected chi connectivity index (χ3v) is 5.93. The Hall–Kier alpha value is -0.120. The maximum Gasteiger partial charge on any atom is 0.0205 e. The normalized spacial score (nSPS) is 32.5. The molecule has 0 aromatic carbocycles. The largest absolute Gasteiger partial charge is 0.317 e. The third-order valence-electron chi connectivity index (χ3n) is 5.93. The minimum absolute atomic E-state index is 0.486. The van der Waals surface area contributed by atoms with Gasteiger partial charge in [-0.2, -0.15) is 0 Å². The van der Waals surface area contributed by atoms with Gasteiger partial charge in [-0.3, -0.25) is 4.90 Å². The molecule has 104 valence electrons. The van der Waals surface area contributed by atoms with Crippen molar-refractivity contribution in [1.29, 1.82) is 0 Å².